The third-order valence-electron chi connectivity index (χ3n) is 3.01. The summed E-state index contributed by atoms with van der Waals surface area (Å²) in [5.41, 5.74) is 0.967. The largest absolute Gasteiger partial charge is 0.433 e. The van der Waals surface area contributed by atoms with Crippen LogP contribution in [0.5, 0.6) is 0 Å². The van der Waals surface area contributed by atoms with Gasteiger partial charge in [0, 0.05) is 0 Å². The van der Waals surface area contributed by atoms with E-state index in [1.807, 2.05) is 13.0 Å². The molecule has 1 unspecified atom stereocenters. The van der Waals surface area contributed by atoms with Gasteiger partial charge >= 0.3 is 5.88 Å². The van der Waals surface area contributed by atoms with Gasteiger partial charge in [-0.15, -0.1) is 0 Å². The van der Waals surface area contributed by atoms with Gasteiger partial charge in [-0.3, -0.25) is 10.1 Å². The molecule has 1 aromatic heterocycles. The maximum absolute atomic E-state index is 10.7. The minimum atomic E-state index is -0.550. The lowest BCUT2D eigenvalue weighted by atomic mass is 10.0. The number of nitrogens with one attached hydrogen (secondary N) is 1. The maximum Gasteiger partial charge on any atom is 0.433 e. The predicted molar refractivity (Wildman–Crippen MR) is 81.9 cm³/mol. The number of benzene rings is 1. The van der Waals surface area contributed by atoms with Gasteiger partial charge in [-0.2, -0.15) is 0 Å². The highest BCUT2D eigenvalue weighted by Gasteiger charge is 2.19. The molecule has 7 heteroatoms. The minimum Gasteiger partial charge on any atom is -0.404 e. The summed E-state index contributed by atoms with van der Waals surface area (Å²) in [6.45, 7) is 2.67. The predicted octanol–water partition coefficient (Wildman–Crippen LogP) is 4.39. The molecule has 1 aromatic carbocycles. The van der Waals surface area contributed by atoms with Gasteiger partial charge in [0.2, 0.25) is 0 Å². The third kappa shape index (κ3) is 3.97. The zero-order chi connectivity index (χ0) is 15.4. The van der Waals surface area contributed by atoms with E-state index in [1.165, 1.54) is 6.07 Å². The highest BCUT2D eigenvalue weighted by Crippen LogP contribution is 2.27. The molecule has 0 aliphatic carbocycles. The average molecular weight is 329 g/mol. The van der Waals surface area contributed by atoms with Gasteiger partial charge in [-0.05, 0) is 36.7 Å². The summed E-state index contributed by atoms with van der Waals surface area (Å²) in [6.07, 6.45) is 0.593. The second-order valence-corrected chi connectivity index (χ2v) is 5.31. The number of rotatable bonds is 6. The Morgan fingerprint density at radius 2 is 2.05 bits per heavy atom. The Morgan fingerprint density at radius 3 is 2.62 bits per heavy atom. The zero-order valence-corrected chi connectivity index (χ0v) is 12.8. The van der Waals surface area contributed by atoms with E-state index >= 15 is 0 Å². The Hall–Kier alpha value is -1.56. The first-order valence-electron chi connectivity index (χ1n) is 6.42. The number of nitrogens with zero attached hydrogens (tertiary/aromatic N) is 1. The molecule has 1 N–H and O–H groups in total. The first-order chi connectivity index (χ1) is 10.0. The summed E-state index contributed by atoms with van der Waals surface area (Å²) in [5.74, 6) is 0.261. The summed E-state index contributed by atoms with van der Waals surface area (Å²) in [7, 11) is 0. The molecular formula is C14H14Cl2N2O3. The first-order valence-corrected chi connectivity index (χ1v) is 7.18. The van der Waals surface area contributed by atoms with Gasteiger partial charge in [0.1, 0.15) is 10.7 Å². The van der Waals surface area contributed by atoms with Crippen LogP contribution in [0.3, 0.4) is 0 Å². The molecular weight excluding hydrogens is 315 g/mol. The van der Waals surface area contributed by atoms with Crippen LogP contribution in [-0.2, 0) is 6.42 Å². The zero-order valence-electron chi connectivity index (χ0n) is 11.3. The molecule has 0 aliphatic heterocycles. The number of hydrogen-bond donors (Lipinski definition) is 1. The summed E-state index contributed by atoms with van der Waals surface area (Å²) < 4.78 is 5.27. The van der Waals surface area contributed by atoms with Crippen LogP contribution in [0.25, 0.3) is 0 Å². The van der Waals surface area contributed by atoms with Crippen molar-refractivity contribution in [3.8, 4) is 0 Å². The third-order valence-corrected chi connectivity index (χ3v) is 3.75. The molecule has 0 amide bonds. The minimum absolute atomic E-state index is 0.166. The van der Waals surface area contributed by atoms with Gasteiger partial charge in [-0.1, -0.05) is 36.2 Å². The van der Waals surface area contributed by atoms with Gasteiger partial charge in [0.05, 0.1) is 22.2 Å². The highest BCUT2D eigenvalue weighted by molar-refractivity contribution is 6.42. The molecule has 0 spiro atoms. The molecule has 0 radical (unpaired) electrons. The van der Waals surface area contributed by atoms with Crippen molar-refractivity contribution in [2.24, 2.45) is 0 Å². The number of halogens is 2. The molecule has 5 nitrogen and oxygen atoms in total. The Morgan fingerprint density at radius 1 is 1.29 bits per heavy atom. The van der Waals surface area contributed by atoms with Crippen LogP contribution in [0.15, 0.2) is 34.7 Å². The average Bonchev–Trinajstić information content (AvgIpc) is 2.92. The van der Waals surface area contributed by atoms with Crippen LogP contribution in [-0.4, -0.2) is 11.5 Å². The smallest absolute Gasteiger partial charge is 0.404 e. The van der Waals surface area contributed by atoms with Gasteiger partial charge in [0.15, 0.2) is 0 Å². The lowest BCUT2D eigenvalue weighted by Gasteiger charge is -2.15. The second kappa shape index (κ2) is 6.93. The van der Waals surface area contributed by atoms with Crippen LogP contribution in [0.1, 0.15) is 24.3 Å². The Bertz CT molecular complexity index is 643. The van der Waals surface area contributed by atoms with Crippen molar-refractivity contribution < 1.29 is 9.34 Å². The molecule has 2 aromatic rings. The molecule has 1 atom stereocenters. The lowest BCUT2D eigenvalue weighted by Crippen LogP contribution is -2.22. The molecule has 0 bridgehead atoms. The van der Waals surface area contributed by atoms with Crippen LogP contribution >= 0.6 is 23.2 Å². The van der Waals surface area contributed by atoms with E-state index in [-0.39, 0.29) is 11.9 Å². The van der Waals surface area contributed by atoms with E-state index in [0.717, 1.165) is 5.56 Å². The maximum atomic E-state index is 10.7. The van der Waals surface area contributed by atoms with Crippen molar-refractivity contribution in [3.63, 3.8) is 0 Å². The summed E-state index contributed by atoms with van der Waals surface area (Å²) in [4.78, 5) is 10.1. The number of likely N-dealkylation sites (N-methyl/N-ethyl adjacent to an activating group) is 1. The molecule has 2 rings (SSSR count). The van der Waals surface area contributed by atoms with Gasteiger partial charge in [0.25, 0.3) is 0 Å². The van der Waals surface area contributed by atoms with Gasteiger partial charge < -0.3 is 9.73 Å². The SMILES string of the molecule is CCNC(Cc1ccc(Cl)c(Cl)c1)c1ccc([N+](=O)[O-])o1. The second-order valence-electron chi connectivity index (χ2n) is 4.50. The standard InChI is InChI=1S/C14H14Cl2N2O3/c1-2-17-12(13-5-6-14(21-13)18(19)20)8-9-3-4-10(15)11(16)7-9/h3-7,12,17H,2,8H2,1H3. The Labute approximate surface area is 132 Å². The Kier molecular flexibility index (Phi) is 5.22. The number of hydrogen-bond acceptors (Lipinski definition) is 4. The molecule has 0 saturated heterocycles. The van der Waals surface area contributed by atoms with E-state index in [9.17, 15) is 10.1 Å². The number of nitro groups is 1. The molecule has 0 aliphatic rings. The molecule has 1 heterocycles. The Balaban J connectivity index is 2.21. The normalized spacial score (nSPS) is 12.3. The van der Waals surface area contributed by atoms with Crippen molar-refractivity contribution in [2.45, 2.75) is 19.4 Å². The fourth-order valence-electron chi connectivity index (χ4n) is 2.05. The topological polar surface area (TPSA) is 68.3 Å². The van der Waals surface area contributed by atoms with E-state index in [0.29, 0.717) is 28.8 Å². The fourth-order valence-corrected chi connectivity index (χ4v) is 2.37. The molecule has 0 fully saturated rings. The molecule has 112 valence electrons. The van der Waals surface area contributed by atoms with Crippen LogP contribution in [0.4, 0.5) is 5.88 Å². The van der Waals surface area contributed by atoms with Crippen molar-refractivity contribution in [1.29, 1.82) is 0 Å². The van der Waals surface area contributed by atoms with Crippen molar-refractivity contribution in [2.75, 3.05) is 6.54 Å². The van der Waals surface area contributed by atoms with E-state index in [2.05, 4.69) is 5.32 Å². The van der Waals surface area contributed by atoms with Crippen molar-refractivity contribution in [1.82, 2.24) is 5.32 Å². The fraction of sp³-hybridized carbons (Fsp3) is 0.286. The quantitative estimate of drug-likeness (QED) is 0.630. The van der Waals surface area contributed by atoms with E-state index in [1.54, 1.807) is 18.2 Å². The first kappa shape index (κ1) is 15.8. The van der Waals surface area contributed by atoms with Crippen molar-refractivity contribution in [3.05, 3.63) is 61.8 Å². The monoisotopic (exact) mass is 328 g/mol. The van der Waals surface area contributed by atoms with Crippen LogP contribution < -0.4 is 5.32 Å². The van der Waals surface area contributed by atoms with Crippen molar-refractivity contribution >= 4 is 29.1 Å². The summed E-state index contributed by atoms with van der Waals surface area (Å²) in [6, 6.07) is 8.19. The molecule has 0 saturated carbocycles. The van der Waals surface area contributed by atoms with Gasteiger partial charge in [-0.25, -0.2) is 0 Å². The summed E-state index contributed by atoms with van der Waals surface area (Å²) in [5, 5.41) is 14.9. The number of furan rings is 1. The molecule has 21 heavy (non-hydrogen) atoms. The van der Waals surface area contributed by atoms with Crippen LogP contribution in [0, 0.1) is 10.1 Å². The highest BCUT2D eigenvalue weighted by atomic mass is 35.5. The lowest BCUT2D eigenvalue weighted by molar-refractivity contribution is -0.402. The van der Waals surface area contributed by atoms with E-state index in [4.69, 9.17) is 27.6 Å². The summed E-state index contributed by atoms with van der Waals surface area (Å²) >= 11 is 11.9. The van der Waals surface area contributed by atoms with Crippen LogP contribution in [0.2, 0.25) is 10.0 Å². The van der Waals surface area contributed by atoms with E-state index < -0.39 is 4.92 Å².